The van der Waals surface area contributed by atoms with Gasteiger partial charge in [-0.15, -0.1) is 0 Å². The molecule has 1 aromatic heterocycles. The average molecular weight is 417 g/mol. The largest absolute Gasteiger partial charge is 0.370 e. The van der Waals surface area contributed by atoms with E-state index in [2.05, 4.69) is 46.4 Å². The Morgan fingerprint density at radius 3 is 2.84 bits per heavy atom. The van der Waals surface area contributed by atoms with Crippen molar-refractivity contribution < 1.29 is 0 Å². The summed E-state index contributed by atoms with van der Waals surface area (Å²) >= 11 is 9.94. The van der Waals surface area contributed by atoms with E-state index in [1.807, 2.05) is 28.9 Å². The molecule has 128 valence electrons. The normalized spacial score (nSPS) is 13.9. The lowest BCUT2D eigenvalue weighted by Gasteiger charge is -2.12. The Morgan fingerprint density at radius 2 is 2.00 bits per heavy atom. The van der Waals surface area contributed by atoms with Crippen LogP contribution in [0, 0.1) is 6.92 Å². The first-order chi connectivity index (χ1) is 12.1. The first-order valence-electron chi connectivity index (χ1n) is 8.52. The molecule has 0 bridgehead atoms. The summed E-state index contributed by atoms with van der Waals surface area (Å²) in [6.07, 6.45) is 3.36. The summed E-state index contributed by atoms with van der Waals surface area (Å²) < 4.78 is 3.09. The third-order valence-electron chi connectivity index (χ3n) is 4.66. The number of anilines is 1. The van der Waals surface area contributed by atoms with Crippen LogP contribution in [0.4, 0.5) is 5.82 Å². The van der Waals surface area contributed by atoms with E-state index in [0.29, 0.717) is 0 Å². The van der Waals surface area contributed by atoms with Gasteiger partial charge in [0.25, 0.3) is 0 Å². The van der Waals surface area contributed by atoms with Crippen LogP contribution in [0.5, 0.6) is 0 Å². The van der Waals surface area contributed by atoms with E-state index in [1.54, 1.807) is 0 Å². The minimum atomic E-state index is 0.723. The molecule has 0 fully saturated rings. The number of fused-ring (bicyclic) bond motifs is 1. The smallest absolute Gasteiger partial charge is 0.133 e. The second kappa shape index (κ2) is 6.85. The predicted octanol–water partition coefficient (Wildman–Crippen LogP) is 6.01. The van der Waals surface area contributed by atoms with Crippen LogP contribution in [0.25, 0.3) is 16.9 Å². The van der Waals surface area contributed by atoms with E-state index in [0.717, 1.165) is 57.2 Å². The maximum Gasteiger partial charge on any atom is 0.133 e. The van der Waals surface area contributed by atoms with Gasteiger partial charge in [-0.2, -0.15) is 5.10 Å². The van der Waals surface area contributed by atoms with Crippen LogP contribution in [-0.2, 0) is 6.42 Å². The Hall–Kier alpha value is -1.78. The fraction of sp³-hybridized carbons (Fsp3) is 0.250. The predicted molar refractivity (Wildman–Crippen MR) is 108 cm³/mol. The highest BCUT2D eigenvalue weighted by atomic mass is 79.9. The number of halogens is 2. The molecular formula is C20H19BrClN3. The van der Waals surface area contributed by atoms with Crippen molar-refractivity contribution in [3.63, 3.8) is 0 Å². The third kappa shape index (κ3) is 3.09. The van der Waals surface area contributed by atoms with Crippen molar-refractivity contribution in [2.75, 3.05) is 11.9 Å². The van der Waals surface area contributed by atoms with Gasteiger partial charge >= 0.3 is 0 Å². The van der Waals surface area contributed by atoms with Gasteiger partial charge in [-0.05, 0) is 49.9 Å². The number of hydrogen-bond acceptors (Lipinski definition) is 2. The summed E-state index contributed by atoms with van der Waals surface area (Å²) in [7, 11) is 0. The van der Waals surface area contributed by atoms with E-state index in [1.165, 1.54) is 12.0 Å². The maximum atomic E-state index is 6.26. The lowest BCUT2D eigenvalue weighted by molar-refractivity contribution is 0.779. The number of aromatic nitrogens is 2. The van der Waals surface area contributed by atoms with Crippen LogP contribution in [-0.4, -0.2) is 16.3 Å². The number of rotatable bonds is 2. The summed E-state index contributed by atoms with van der Waals surface area (Å²) in [5, 5.41) is 9.32. The molecule has 0 aliphatic carbocycles. The van der Waals surface area contributed by atoms with Crippen LogP contribution in [0.2, 0.25) is 5.02 Å². The standard InChI is InChI=1S/C20H19BrClN3/c1-13-9-10-14(22)12-18(13)25-20-16(7-4-5-11-23-20)19(24-25)15-6-2-3-8-17(15)21/h2-3,6,8-10,12,23H,4-5,7,11H2,1H3. The Labute approximate surface area is 161 Å². The zero-order chi connectivity index (χ0) is 17.4. The monoisotopic (exact) mass is 415 g/mol. The fourth-order valence-electron chi connectivity index (χ4n) is 3.36. The van der Waals surface area contributed by atoms with E-state index >= 15 is 0 Å². The quantitative estimate of drug-likeness (QED) is 0.554. The van der Waals surface area contributed by atoms with E-state index in [4.69, 9.17) is 16.7 Å². The number of aryl methyl sites for hydroxylation is 1. The molecule has 0 saturated carbocycles. The minimum Gasteiger partial charge on any atom is -0.370 e. The summed E-state index contributed by atoms with van der Waals surface area (Å²) in [6.45, 7) is 3.06. The average Bonchev–Trinajstić information content (AvgIpc) is 2.79. The molecule has 0 saturated heterocycles. The van der Waals surface area contributed by atoms with Crippen LogP contribution < -0.4 is 5.32 Å². The molecule has 1 N–H and O–H groups in total. The SMILES string of the molecule is Cc1ccc(Cl)cc1-n1nc(-c2ccccc2Br)c2c1NCCCC2. The zero-order valence-corrected chi connectivity index (χ0v) is 16.4. The van der Waals surface area contributed by atoms with Gasteiger partial charge < -0.3 is 5.32 Å². The fourth-order valence-corrected chi connectivity index (χ4v) is 4.00. The van der Waals surface area contributed by atoms with Crippen molar-refractivity contribution in [3.8, 4) is 16.9 Å². The topological polar surface area (TPSA) is 29.9 Å². The molecule has 4 rings (SSSR count). The molecule has 2 heterocycles. The Kier molecular flexibility index (Phi) is 4.57. The molecule has 2 aromatic carbocycles. The summed E-state index contributed by atoms with van der Waals surface area (Å²) in [5.74, 6) is 1.09. The molecule has 25 heavy (non-hydrogen) atoms. The van der Waals surface area contributed by atoms with Gasteiger partial charge in [-0.25, -0.2) is 4.68 Å². The molecule has 0 radical (unpaired) electrons. The van der Waals surface area contributed by atoms with Gasteiger partial charge in [0.05, 0.1) is 11.4 Å². The molecule has 0 spiro atoms. The Morgan fingerprint density at radius 1 is 1.16 bits per heavy atom. The van der Waals surface area contributed by atoms with Gasteiger partial charge in [0.15, 0.2) is 0 Å². The molecule has 1 aliphatic rings. The first kappa shape index (κ1) is 16.7. The highest BCUT2D eigenvalue weighted by Crippen LogP contribution is 2.37. The van der Waals surface area contributed by atoms with Crippen LogP contribution >= 0.6 is 27.5 Å². The third-order valence-corrected chi connectivity index (χ3v) is 5.58. The van der Waals surface area contributed by atoms with Crippen LogP contribution in [0.1, 0.15) is 24.0 Å². The summed E-state index contributed by atoms with van der Waals surface area (Å²) in [6, 6.07) is 14.2. The number of nitrogens with zero attached hydrogens (tertiary/aromatic N) is 2. The first-order valence-corrected chi connectivity index (χ1v) is 9.69. The van der Waals surface area contributed by atoms with Gasteiger partial charge in [-0.3, -0.25) is 0 Å². The molecule has 1 aliphatic heterocycles. The molecular weight excluding hydrogens is 398 g/mol. The number of hydrogen-bond donors (Lipinski definition) is 1. The number of benzene rings is 2. The number of nitrogens with one attached hydrogen (secondary N) is 1. The molecule has 0 unspecified atom stereocenters. The van der Waals surface area contributed by atoms with E-state index in [9.17, 15) is 0 Å². The molecule has 3 aromatic rings. The minimum absolute atomic E-state index is 0.723. The maximum absolute atomic E-state index is 6.26. The van der Waals surface area contributed by atoms with E-state index < -0.39 is 0 Å². The van der Waals surface area contributed by atoms with Gasteiger partial charge in [0.1, 0.15) is 5.82 Å². The molecule has 3 nitrogen and oxygen atoms in total. The highest BCUT2D eigenvalue weighted by molar-refractivity contribution is 9.10. The van der Waals surface area contributed by atoms with Gasteiger partial charge in [0, 0.05) is 27.2 Å². The molecule has 0 atom stereocenters. The summed E-state index contributed by atoms with van der Waals surface area (Å²) in [5.41, 5.74) is 5.62. The molecule has 5 heteroatoms. The van der Waals surface area contributed by atoms with Crippen molar-refractivity contribution in [1.29, 1.82) is 0 Å². The summed E-state index contributed by atoms with van der Waals surface area (Å²) in [4.78, 5) is 0. The lowest BCUT2D eigenvalue weighted by atomic mass is 10.0. The highest BCUT2D eigenvalue weighted by Gasteiger charge is 2.23. The van der Waals surface area contributed by atoms with Gasteiger partial charge in [0.2, 0.25) is 0 Å². The van der Waals surface area contributed by atoms with Crippen molar-refractivity contribution in [2.45, 2.75) is 26.2 Å². The van der Waals surface area contributed by atoms with Crippen molar-refractivity contribution in [1.82, 2.24) is 9.78 Å². The van der Waals surface area contributed by atoms with Crippen molar-refractivity contribution >= 4 is 33.3 Å². The van der Waals surface area contributed by atoms with E-state index in [-0.39, 0.29) is 0 Å². The second-order valence-corrected chi connectivity index (χ2v) is 7.67. The Balaban J connectivity index is 1.97. The Bertz CT molecular complexity index is 933. The molecule has 0 amide bonds. The second-order valence-electron chi connectivity index (χ2n) is 6.38. The van der Waals surface area contributed by atoms with Crippen LogP contribution in [0.3, 0.4) is 0 Å². The van der Waals surface area contributed by atoms with Gasteiger partial charge in [-0.1, -0.05) is 51.8 Å². The van der Waals surface area contributed by atoms with Crippen molar-refractivity contribution in [3.05, 3.63) is 63.1 Å². The lowest BCUT2D eigenvalue weighted by Crippen LogP contribution is -2.08. The van der Waals surface area contributed by atoms with Crippen LogP contribution in [0.15, 0.2) is 46.9 Å². The van der Waals surface area contributed by atoms with Crippen molar-refractivity contribution in [2.24, 2.45) is 0 Å². The zero-order valence-electron chi connectivity index (χ0n) is 14.0.